The molecule has 0 bridgehead atoms. The predicted molar refractivity (Wildman–Crippen MR) is 74.7 cm³/mol. The highest BCUT2D eigenvalue weighted by molar-refractivity contribution is 5.78. The van der Waals surface area contributed by atoms with Gasteiger partial charge in [0, 0.05) is 33.7 Å². The smallest absolute Gasteiger partial charge is 0.249 e. The minimum absolute atomic E-state index is 0.0260. The third-order valence-corrected chi connectivity index (χ3v) is 4.19. The van der Waals surface area contributed by atoms with Crippen molar-refractivity contribution in [2.75, 3.05) is 34.0 Å². The zero-order chi connectivity index (χ0) is 14.8. The topological polar surface area (TPSA) is 69.5 Å². The van der Waals surface area contributed by atoms with Crippen LogP contribution in [0.2, 0.25) is 0 Å². The van der Waals surface area contributed by atoms with Gasteiger partial charge in [-0.3, -0.25) is 4.79 Å². The molecule has 3 rings (SSSR count). The number of rotatable bonds is 6. The highest BCUT2D eigenvalue weighted by Gasteiger charge is 2.35. The van der Waals surface area contributed by atoms with E-state index in [1.165, 1.54) is 20.0 Å². The van der Waals surface area contributed by atoms with Crippen LogP contribution < -0.4 is 0 Å². The quantitative estimate of drug-likeness (QED) is 0.760. The van der Waals surface area contributed by atoms with Crippen molar-refractivity contribution in [3.05, 3.63) is 11.4 Å². The Balaban J connectivity index is 1.82. The second-order valence-corrected chi connectivity index (χ2v) is 5.79. The average Bonchev–Trinajstić information content (AvgIpc) is 3.19. The van der Waals surface area contributed by atoms with Crippen molar-refractivity contribution in [2.45, 2.75) is 31.8 Å². The summed E-state index contributed by atoms with van der Waals surface area (Å²) in [6, 6.07) is -0.158. The first-order valence-electron chi connectivity index (χ1n) is 7.44. The molecule has 0 saturated heterocycles. The summed E-state index contributed by atoms with van der Waals surface area (Å²) in [7, 11) is 3.17. The van der Waals surface area contributed by atoms with Gasteiger partial charge in [0.15, 0.2) is 0 Å². The Kier molecular flexibility index (Phi) is 4.21. The average molecular weight is 294 g/mol. The number of ether oxygens (including phenoxy) is 2. The van der Waals surface area contributed by atoms with E-state index < -0.39 is 0 Å². The maximum absolute atomic E-state index is 12.2. The summed E-state index contributed by atoms with van der Waals surface area (Å²) in [4.78, 5) is 14.0. The van der Waals surface area contributed by atoms with Crippen LogP contribution in [-0.2, 0) is 27.2 Å². The van der Waals surface area contributed by atoms with E-state index in [2.05, 4.69) is 10.3 Å². The third kappa shape index (κ3) is 2.94. The van der Waals surface area contributed by atoms with Gasteiger partial charge in [0.25, 0.3) is 0 Å². The number of amides is 1. The van der Waals surface area contributed by atoms with E-state index in [1.54, 1.807) is 12.0 Å². The number of hydrogen-bond acceptors (Lipinski definition) is 5. The van der Waals surface area contributed by atoms with E-state index in [9.17, 15) is 4.79 Å². The molecule has 0 spiro atoms. The van der Waals surface area contributed by atoms with Crippen molar-refractivity contribution in [2.24, 2.45) is 5.92 Å². The van der Waals surface area contributed by atoms with Gasteiger partial charge in [0.2, 0.25) is 5.91 Å². The third-order valence-electron chi connectivity index (χ3n) is 4.19. The lowest BCUT2D eigenvalue weighted by molar-refractivity contribution is -0.139. The molecule has 1 aliphatic heterocycles. The number of methoxy groups -OCH3 is 2. The van der Waals surface area contributed by atoms with Crippen LogP contribution in [0.25, 0.3) is 0 Å². The highest BCUT2D eigenvalue weighted by Crippen LogP contribution is 2.33. The molecule has 1 aromatic heterocycles. The van der Waals surface area contributed by atoms with Crippen LogP contribution in [0.15, 0.2) is 0 Å². The van der Waals surface area contributed by atoms with Crippen molar-refractivity contribution in [3.8, 4) is 0 Å². The first-order chi connectivity index (χ1) is 10.2. The fourth-order valence-electron chi connectivity index (χ4n) is 2.92. The molecule has 7 heteroatoms. The summed E-state index contributed by atoms with van der Waals surface area (Å²) in [5, 5.41) is 8.62. The Morgan fingerprint density at radius 1 is 1.33 bits per heavy atom. The van der Waals surface area contributed by atoms with Crippen LogP contribution >= 0.6 is 0 Å². The SMILES string of the molecule is COCC(=O)N1CCc2c(nnn2CC2CC2)C1COC. The molecule has 1 aliphatic carbocycles. The summed E-state index contributed by atoms with van der Waals surface area (Å²) in [5.74, 6) is 0.728. The minimum atomic E-state index is -0.158. The van der Waals surface area contributed by atoms with Gasteiger partial charge in [-0.2, -0.15) is 0 Å². The molecule has 21 heavy (non-hydrogen) atoms. The van der Waals surface area contributed by atoms with Crippen molar-refractivity contribution < 1.29 is 14.3 Å². The number of hydrogen-bond donors (Lipinski definition) is 0. The second kappa shape index (κ2) is 6.11. The fraction of sp³-hybridized carbons (Fsp3) is 0.786. The van der Waals surface area contributed by atoms with Crippen molar-refractivity contribution in [1.29, 1.82) is 0 Å². The molecule has 0 N–H and O–H groups in total. The summed E-state index contributed by atoms with van der Waals surface area (Å²) in [5.41, 5.74) is 2.04. The van der Waals surface area contributed by atoms with Gasteiger partial charge in [-0.05, 0) is 18.8 Å². The number of carbonyl (C=O) groups is 1. The molecule has 1 atom stereocenters. The van der Waals surface area contributed by atoms with Crippen LogP contribution in [0.4, 0.5) is 0 Å². The molecule has 0 aromatic carbocycles. The lowest BCUT2D eigenvalue weighted by atomic mass is 10.0. The first kappa shape index (κ1) is 14.5. The van der Waals surface area contributed by atoms with E-state index in [-0.39, 0.29) is 18.6 Å². The van der Waals surface area contributed by atoms with E-state index in [4.69, 9.17) is 9.47 Å². The Morgan fingerprint density at radius 2 is 2.14 bits per heavy atom. The molecule has 0 radical (unpaired) electrons. The molecular formula is C14H22N4O3. The molecule has 2 aliphatic rings. The lowest BCUT2D eigenvalue weighted by Gasteiger charge is -2.34. The van der Waals surface area contributed by atoms with Crippen LogP contribution in [-0.4, -0.2) is 59.8 Å². The van der Waals surface area contributed by atoms with Crippen LogP contribution in [0.3, 0.4) is 0 Å². The standard InChI is InChI=1S/C14H22N4O3/c1-20-8-12-14-11(5-6-17(12)13(19)9-21-2)18(16-15-14)7-10-3-4-10/h10,12H,3-9H2,1-2H3. The van der Waals surface area contributed by atoms with E-state index in [0.717, 1.165) is 30.3 Å². The number of nitrogens with zero attached hydrogens (tertiary/aromatic N) is 4. The summed E-state index contributed by atoms with van der Waals surface area (Å²) >= 11 is 0. The summed E-state index contributed by atoms with van der Waals surface area (Å²) < 4.78 is 12.3. The molecule has 1 aromatic rings. The molecule has 2 heterocycles. The first-order valence-corrected chi connectivity index (χ1v) is 7.44. The molecule has 1 unspecified atom stereocenters. The van der Waals surface area contributed by atoms with Gasteiger partial charge >= 0.3 is 0 Å². The van der Waals surface area contributed by atoms with Crippen molar-refractivity contribution >= 4 is 5.91 Å². The Morgan fingerprint density at radius 3 is 2.81 bits per heavy atom. The largest absolute Gasteiger partial charge is 0.382 e. The monoisotopic (exact) mass is 294 g/mol. The number of carbonyl (C=O) groups excluding carboxylic acids is 1. The Hall–Kier alpha value is -1.47. The van der Waals surface area contributed by atoms with Gasteiger partial charge < -0.3 is 14.4 Å². The van der Waals surface area contributed by atoms with E-state index in [0.29, 0.717) is 13.2 Å². The Bertz CT molecular complexity index is 512. The maximum atomic E-state index is 12.2. The van der Waals surface area contributed by atoms with Crippen molar-refractivity contribution in [1.82, 2.24) is 19.9 Å². The van der Waals surface area contributed by atoms with E-state index in [1.807, 2.05) is 4.68 Å². The predicted octanol–water partition coefficient (Wildman–Crippen LogP) is 0.407. The molecule has 1 saturated carbocycles. The van der Waals surface area contributed by atoms with Crippen LogP contribution in [0.1, 0.15) is 30.3 Å². The van der Waals surface area contributed by atoms with Crippen LogP contribution in [0, 0.1) is 5.92 Å². The molecule has 1 amide bonds. The lowest BCUT2D eigenvalue weighted by Crippen LogP contribution is -2.44. The fourth-order valence-corrected chi connectivity index (χ4v) is 2.92. The second-order valence-electron chi connectivity index (χ2n) is 5.79. The number of aromatic nitrogens is 3. The molecule has 116 valence electrons. The van der Waals surface area contributed by atoms with Crippen LogP contribution in [0.5, 0.6) is 0 Å². The summed E-state index contributed by atoms with van der Waals surface area (Å²) in [6.45, 7) is 2.14. The number of fused-ring (bicyclic) bond motifs is 1. The van der Waals surface area contributed by atoms with Gasteiger partial charge in [-0.25, -0.2) is 4.68 Å². The van der Waals surface area contributed by atoms with Crippen molar-refractivity contribution in [3.63, 3.8) is 0 Å². The van der Waals surface area contributed by atoms with Gasteiger partial charge in [0.1, 0.15) is 18.3 Å². The van der Waals surface area contributed by atoms with Gasteiger partial charge in [0.05, 0.1) is 12.3 Å². The normalized spacial score (nSPS) is 21.4. The molecule has 1 fully saturated rings. The van der Waals surface area contributed by atoms with E-state index >= 15 is 0 Å². The Labute approximate surface area is 124 Å². The zero-order valence-corrected chi connectivity index (χ0v) is 12.6. The van der Waals surface area contributed by atoms with Gasteiger partial charge in [-0.1, -0.05) is 5.21 Å². The summed E-state index contributed by atoms with van der Waals surface area (Å²) in [6.07, 6.45) is 3.37. The molecular weight excluding hydrogens is 272 g/mol. The maximum Gasteiger partial charge on any atom is 0.249 e. The minimum Gasteiger partial charge on any atom is -0.382 e. The highest BCUT2D eigenvalue weighted by atomic mass is 16.5. The van der Waals surface area contributed by atoms with Gasteiger partial charge in [-0.15, -0.1) is 5.10 Å². The molecule has 7 nitrogen and oxygen atoms in total. The zero-order valence-electron chi connectivity index (χ0n) is 12.6.